The summed E-state index contributed by atoms with van der Waals surface area (Å²) in [5.74, 6) is -2.16. The van der Waals surface area contributed by atoms with Crippen LogP contribution in [0.25, 0.3) is 88.4 Å². The summed E-state index contributed by atoms with van der Waals surface area (Å²) in [5, 5.41) is 13.6. The topological polar surface area (TPSA) is 33.6 Å². The van der Waals surface area contributed by atoms with Crippen LogP contribution in [0.5, 0.6) is 0 Å². The molecule has 0 unspecified atom stereocenters. The quantitative estimate of drug-likeness (QED) is 0.175. The first-order valence-electron chi connectivity index (χ1n) is 17.9. The molecule has 6 heteroatoms. The summed E-state index contributed by atoms with van der Waals surface area (Å²) in [6.07, 6.45) is 0. The average Bonchev–Trinajstić information content (AvgIpc) is 3.74. The highest BCUT2D eigenvalue weighted by molar-refractivity contribution is 6.12. The van der Waals surface area contributed by atoms with Crippen molar-refractivity contribution < 1.29 is 13.2 Å². The van der Waals surface area contributed by atoms with Gasteiger partial charge in [0.1, 0.15) is 5.82 Å². The molecule has 2 aromatic heterocycles. The van der Waals surface area contributed by atoms with E-state index in [0.717, 1.165) is 77.7 Å². The van der Waals surface area contributed by atoms with Gasteiger partial charge in [-0.1, -0.05) is 103 Å². The maximum atomic E-state index is 14.9. The molecule has 0 N–H and O–H groups in total. The van der Waals surface area contributed by atoms with Gasteiger partial charge < -0.3 is 9.13 Å². The number of benzene rings is 8. The Bertz CT molecular complexity index is 3180. The van der Waals surface area contributed by atoms with Crippen LogP contribution >= 0.6 is 0 Å². The summed E-state index contributed by atoms with van der Waals surface area (Å²) < 4.78 is 48.1. The molecule has 0 saturated carbocycles. The lowest BCUT2D eigenvalue weighted by molar-refractivity contribution is 0.511. The lowest BCUT2D eigenvalue weighted by Crippen LogP contribution is -1.95. The normalized spacial score (nSPS) is 11.5. The van der Waals surface area contributed by atoms with Crippen molar-refractivity contribution >= 4 is 43.6 Å². The molecule has 0 aliphatic heterocycles. The molecule has 0 fully saturated rings. The van der Waals surface area contributed by atoms with Crippen molar-refractivity contribution in [3.63, 3.8) is 0 Å². The van der Waals surface area contributed by atoms with Crippen LogP contribution in [0.1, 0.15) is 5.56 Å². The van der Waals surface area contributed by atoms with Gasteiger partial charge in [0.25, 0.3) is 0 Å². The van der Waals surface area contributed by atoms with Gasteiger partial charge >= 0.3 is 0 Å². The molecule has 0 radical (unpaired) electrons. The fraction of sp³-hybridized carbons (Fsp3) is 0. The smallest absolute Gasteiger partial charge is 0.166 e. The zero-order valence-corrected chi connectivity index (χ0v) is 29.1. The Labute approximate surface area is 314 Å². The summed E-state index contributed by atoms with van der Waals surface area (Å²) in [5.41, 5.74) is 10.4. The highest BCUT2D eigenvalue weighted by Crippen LogP contribution is 2.39. The van der Waals surface area contributed by atoms with Crippen molar-refractivity contribution in [1.29, 1.82) is 5.26 Å². The first kappa shape index (κ1) is 32.3. The minimum atomic E-state index is -0.871. The molecule has 0 amide bonds. The van der Waals surface area contributed by atoms with Crippen molar-refractivity contribution in [2.24, 2.45) is 0 Å². The van der Waals surface area contributed by atoms with Crippen LogP contribution in [0.3, 0.4) is 0 Å². The van der Waals surface area contributed by atoms with Gasteiger partial charge in [-0.15, -0.1) is 0 Å². The summed E-state index contributed by atoms with van der Waals surface area (Å²) in [6, 6.07) is 55.9. The number of para-hydroxylation sites is 2. The SMILES string of the molecule is N#Cc1ccc(-c2ccc(-n3c4ccccc4c4ccc(-c5ccc6c7ccccc7n(-c7ccc(-c8cccc(F)c8F)cc7)c6c5)cc43)cc2)c(F)c1. The second kappa shape index (κ2) is 12.6. The Balaban J connectivity index is 1.10. The number of nitriles is 1. The van der Waals surface area contributed by atoms with E-state index in [0.29, 0.717) is 11.1 Å². The first-order chi connectivity index (χ1) is 27.0. The first-order valence-corrected chi connectivity index (χ1v) is 17.9. The molecule has 260 valence electrons. The van der Waals surface area contributed by atoms with Crippen molar-refractivity contribution in [1.82, 2.24) is 9.13 Å². The van der Waals surface area contributed by atoms with Crippen molar-refractivity contribution in [2.45, 2.75) is 0 Å². The summed E-state index contributed by atoms with van der Waals surface area (Å²) in [7, 11) is 0. The predicted molar refractivity (Wildman–Crippen MR) is 216 cm³/mol. The monoisotopic (exact) mass is 715 g/mol. The number of rotatable bonds is 5. The highest BCUT2D eigenvalue weighted by atomic mass is 19.2. The van der Waals surface area contributed by atoms with Crippen LogP contribution in [-0.4, -0.2) is 9.13 Å². The lowest BCUT2D eigenvalue weighted by Gasteiger charge is -2.12. The van der Waals surface area contributed by atoms with Crippen LogP contribution in [-0.2, 0) is 0 Å². The molecule has 0 atom stereocenters. The molecule has 0 aliphatic rings. The van der Waals surface area contributed by atoms with E-state index >= 15 is 0 Å². The van der Waals surface area contributed by atoms with Crippen LogP contribution in [0.15, 0.2) is 170 Å². The zero-order chi connectivity index (χ0) is 37.2. The minimum Gasteiger partial charge on any atom is -0.309 e. The maximum absolute atomic E-state index is 14.9. The van der Waals surface area contributed by atoms with Crippen molar-refractivity contribution in [2.75, 3.05) is 0 Å². The zero-order valence-electron chi connectivity index (χ0n) is 29.1. The van der Waals surface area contributed by atoms with Crippen LogP contribution in [0.4, 0.5) is 13.2 Å². The molecular formula is C49H28F3N3. The Morgan fingerprint density at radius 1 is 0.382 bits per heavy atom. The fourth-order valence-electron chi connectivity index (χ4n) is 7.98. The number of halogens is 3. The largest absolute Gasteiger partial charge is 0.309 e. The van der Waals surface area contributed by atoms with Gasteiger partial charge in [0.15, 0.2) is 11.6 Å². The lowest BCUT2D eigenvalue weighted by atomic mass is 10.0. The fourth-order valence-corrected chi connectivity index (χ4v) is 7.98. The van der Waals surface area contributed by atoms with Gasteiger partial charge in [0, 0.05) is 44.0 Å². The van der Waals surface area contributed by atoms with Crippen LogP contribution in [0, 0.1) is 28.8 Å². The van der Waals surface area contributed by atoms with Gasteiger partial charge in [-0.2, -0.15) is 5.26 Å². The van der Waals surface area contributed by atoms with Gasteiger partial charge in [0.05, 0.1) is 33.7 Å². The molecule has 0 bridgehead atoms. The Morgan fingerprint density at radius 2 is 0.873 bits per heavy atom. The minimum absolute atomic E-state index is 0.222. The number of nitrogens with zero attached hydrogens (tertiary/aromatic N) is 3. The number of hydrogen-bond acceptors (Lipinski definition) is 1. The van der Waals surface area contributed by atoms with E-state index in [1.54, 1.807) is 18.2 Å². The molecule has 0 aliphatic carbocycles. The molecule has 55 heavy (non-hydrogen) atoms. The van der Waals surface area contributed by atoms with E-state index < -0.39 is 17.5 Å². The summed E-state index contributed by atoms with van der Waals surface area (Å²) in [4.78, 5) is 0. The van der Waals surface area contributed by atoms with E-state index in [-0.39, 0.29) is 11.1 Å². The molecule has 0 spiro atoms. The standard InChI is InChI=1S/C49H28F3N3/c50-43-9-5-8-38(49(43)52)32-15-21-36(22-16-32)55-46-11-4-2-7-40(46)42-25-18-34(28-48(42)55)33-17-24-41-39-6-1-3-10-45(39)54(47(41)27-33)35-19-13-31(14-20-35)37-23-12-30(29-53)26-44(37)51/h1-28H. The predicted octanol–water partition coefficient (Wildman–Crippen LogP) is 13.2. The highest BCUT2D eigenvalue weighted by Gasteiger charge is 2.17. The van der Waals surface area contributed by atoms with Gasteiger partial charge in [-0.3, -0.25) is 0 Å². The van der Waals surface area contributed by atoms with Gasteiger partial charge in [-0.05, 0) is 89.0 Å². The van der Waals surface area contributed by atoms with E-state index in [4.69, 9.17) is 0 Å². The van der Waals surface area contributed by atoms with Gasteiger partial charge in [0.2, 0.25) is 0 Å². The Kier molecular flexibility index (Phi) is 7.43. The third-order valence-corrected chi connectivity index (χ3v) is 10.6. The Hall–Kier alpha value is -7.36. The third-order valence-electron chi connectivity index (χ3n) is 10.6. The average molecular weight is 716 g/mol. The molecule has 2 heterocycles. The number of hydrogen-bond donors (Lipinski definition) is 0. The number of aromatic nitrogens is 2. The molecule has 8 aromatic carbocycles. The van der Waals surface area contributed by atoms with Crippen LogP contribution < -0.4 is 0 Å². The Morgan fingerprint density at radius 3 is 1.40 bits per heavy atom. The van der Waals surface area contributed by atoms with E-state index in [1.807, 2.05) is 78.9 Å². The van der Waals surface area contributed by atoms with Crippen LogP contribution in [0.2, 0.25) is 0 Å². The van der Waals surface area contributed by atoms with E-state index in [2.05, 4.69) is 69.8 Å². The molecule has 3 nitrogen and oxygen atoms in total. The van der Waals surface area contributed by atoms with Crippen molar-refractivity contribution in [3.05, 3.63) is 193 Å². The second-order valence-corrected chi connectivity index (χ2v) is 13.7. The summed E-state index contributed by atoms with van der Waals surface area (Å²) in [6.45, 7) is 0. The molecular weight excluding hydrogens is 688 g/mol. The van der Waals surface area contributed by atoms with Crippen molar-refractivity contribution in [3.8, 4) is 50.8 Å². The molecule has 0 saturated heterocycles. The summed E-state index contributed by atoms with van der Waals surface area (Å²) >= 11 is 0. The maximum Gasteiger partial charge on any atom is 0.166 e. The second-order valence-electron chi connectivity index (χ2n) is 13.7. The van der Waals surface area contributed by atoms with E-state index in [9.17, 15) is 18.4 Å². The number of fused-ring (bicyclic) bond motifs is 6. The van der Waals surface area contributed by atoms with E-state index in [1.165, 1.54) is 12.1 Å². The molecule has 10 rings (SSSR count). The third kappa shape index (κ3) is 5.20. The molecule has 10 aromatic rings. The van der Waals surface area contributed by atoms with Gasteiger partial charge in [-0.25, -0.2) is 13.2 Å².